The molecule has 0 radical (unpaired) electrons. The van der Waals surface area contributed by atoms with E-state index in [1.807, 2.05) is 13.0 Å². The van der Waals surface area contributed by atoms with Crippen LogP contribution in [0.4, 0.5) is 24.4 Å². The molecule has 34 heavy (non-hydrogen) atoms. The minimum atomic E-state index is -0.939. The highest BCUT2D eigenvalue weighted by Crippen LogP contribution is 2.37. The van der Waals surface area contributed by atoms with E-state index in [2.05, 4.69) is 26.1 Å². The van der Waals surface area contributed by atoms with Crippen molar-refractivity contribution in [3.63, 3.8) is 0 Å². The van der Waals surface area contributed by atoms with Crippen molar-refractivity contribution in [2.24, 2.45) is 5.92 Å². The fraction of sp³-hybridized carbons (Fsp3) is 0.273. The zero-order chi connectivity index (χ0) is 24.2. The van der Waals surface area contributed by atoms with Gasteiger partial charge in [0.2, 0.25) is 17.8 Å². The van der Waals surface area contributed by atoms with E-state index in [0.717, 1.165) is 29.0 Å². The van der Waals surface area contributed by atoms with Gasteiger partial charge in [0.05, 0.1) is 5.69 Å². The standard InChI is InChI=1S/C22H21F2N5O4S/c1-3-11(2)18(26-21(31)25-15-6-5-13(23)9-14(15)24)19(30)27-22-29-28-20(34-22)12-4-7-16-17(8-12)33-10-32-16/h4-9,11,18H,3,10H2,1-2H3,(H2,25,26,31)(H,27,29,30). The van der Waals surface area contributed by atoms with E-state index in [0.29, 0.717) is 29.0 Å². The number of ether oxygens (including phenoxy) is 2. The molecule has 2 atom stereocenters. The number of urea groups is 1. The van der Waals surface area contributed by atoms with Crippen molar-refractivity contribution in [2.75, 3.05) is 17.4 Å². The topological polar surface area (TPSA) is 114 Å². The van der Waals surface area contributed by atoms with Crippen LogP contribution in [0.5, 0.6) is 11.5 Å². The average molecular weight is 490 g/mol. The van der Waals surface area contributed by atoms with E-state index in [4.69, 9.17) is 9.47 Å². The second-order valence-corrected chi connectivity index (χ2v) is 8.53. The molecule has 1 aromatic heterocycles. The molecule has 1 aliphatic heterocycles. The van der Waals surface area contributed by atoms with Crippen molar-refractivity contribution in [1.82, 2.24) is 15.5 Å². The highest BCUT2D eigenvalue weighted by atomic mass is 32.1. The molecule has 0 aliphatic carbocycles. The third kappa shape index (κ3) is 5.22. The lowest BCUT2D eigenvalue weighted by Crippen LogP contribution is -2.49. The zero-order valence-corrected chi connectivity index (χ0v) is 19.0. The summed E-state index contributed by atoms with van der Waals surface area (Å²) in [4.78, 5) is 25.3. The number of hydrogen-bond acceptors (Lipinski definition) is 7. The van der Waals surface area contributed by atoms with Gasteiger partial charge in [-0.3, -0.25) is 10.1 Å². The van der Waals surface area contributed by atoms with Gasteiger partial charge in [-0.25, -0.2) is 13.6 Å². The van der Waals surface area contributed by atoms with Gasteiger partial charge in [0.25, 0.3) is 0 Å². The molecule has 12 heteroatoms. The minimum absolute atomic E-state index is 0.154. The van der Waals surface area contributed by atoms with Crippen LogP contribution in [0.3, 0.4) is 0 Å². The lowest BCUT2D eigenvalue weighted by Gasteiger charge is -2.23. The first-order valence-corrected chi connectivity index (χ1v) is 11.2. The molecule has 3 aromatic rings. The van der Waals surface area contributed by atoms with Crippen molar-refractivity contribution < 1.29 is 27.8 Å². The van der Waals surface area contributed by atoms with Crippen LogP contribution in [0.15, 0.2) is 36.4 Å². The summed E-state index contributed by atoms with van der Waals surface area (Å²) >= 11 is 1.16. The number of nitrogens with one attached hydrogen (secondary N) is 3. The summed E-state index contributed by atoms with van der Waals surface area (Å²) in [7, 11) is 0. The van der Waals surface area contributed by atoms with Gasteiger partial charge in [-0.1, -0.05) is 31.6 Å². The number of rotatable bonds is 7. The first-order valence-electron chi connectivity index (χ1n) is 10.4. The molecule has 0 fully saturated rings. The number of halogens is 2. The van der Waals surface area contributed by atoms with Crippen LogP contribution in [0, 0.1) is 17.6 Å². The van der Waals surface area contributed by atoms with E-state index < -0.39 is 29.6 Å². The Kier molecular flexibility index (Phi) is 6.87. The van der Waals surface area contributed by atoms with Crippen molar-refractivity contribution in [1.29, 1.82) is 0 Å². The van der Waals surface area contributed by atoms with Gasteiger partial charge < -0.3 is 20.1 Å². The van der Waals surface area contributed by atoms with Crippen molar-refractivity contribution >= 4 is 34.1 Å². The molecular formula is C22H21F2N5O4S. The zero-order valence-electron chi connectivity index (χ0n) is 18.2. The van der Waals surface area contributed by atoms with Crippen LogP contribution in [-0.4, -0.2) is 35.0 Å². The Bertz CT molecular complexity index is 1220. The Hall–Kier alpha value is -3.80. The summed E-state index contributed by atoms with van der Waals surface area (Å²) in [6, 6.07) is 6.38. The van der Waals surface area contributed by atoms with Crippen LogP contribution >= 0.6 is 11.3 Å². The number of nitrogens with zero attached hydrogens (tertiary/aromatic N) is 2. The lowest BCUT2D eigenvalue weighted by atomic mass is 9.98. The van der Waals surface area contributed by atoms with Gasteiger partial charge >= 0.3 is 6.03 Å². The third-order valence-corrected chi connectivity index (χ3v) is 6.12. The van der Waals surface area contributed by atoms with Gasteiger partial charge in [-0.05, 0) is 36.2 Å². The average Bonchev–Trinajstić information content (AvgIpc) is 3.47. The molecule has 2 heterocycles. The number of anilines is 2. The van der Waals surface area contributed by atoms with E-state index >= 15 is 0 Å². The molecule has 9 nitrogen and oxygen atoms in total. The molecule has 178 valence electrons. The quantitative estimate of drug-likeness (QED) is 0.454. The Morgan fingerprint density at radius 1 is 1.09 bits per heavy atom. The highest BCUT2D eigenvalue weighted by molar-refractivity contribution is 7.18. The van der Waals surface area contributed by atoms with Crippen molar-refractivity contribution in [3.05, 3.63) is 48.0 Å². The van der Waals surface area contributed by atoms with Gasteiger partial charge in [0, 0.05) is 11.6 Å². The summed E-state index contributed by atoms with van der Waals surface area (Å²) in [6.07, 6.45) is 0.585. The van der Waals surface area contributed by atoms with Gasteiger partial charge in [0.15, 0.2) is 11.5 Å². The molecule has 2 unspecified atom stereocenters. The molecular weight excluding hydrogens is 468 g/mol. The number of carbonyl (C=O) groups is 2. The Morgan fingerprint density at radius 3 is 2.65 bits per heavy atom. The molecule has 0 saturated heterocycles. The molecule has 0 spiro atoms. The fourth-order valence-electron chi connectivity index (χ4n) is 3.20. The van der Waals surface area contributed by atoms with Crippen LogP contribution in [0.1, 0.15) is 20.3 Å². The van der Waals surface area contributed by atoms with E-state index in [1.54, 1.807) is 19.1 Å². The number of hydrogen-bond donors (Lipinski definition) is 3. The number of amides is 3. The molecule has 4 rings (SSSR count). The molecule has 3 amide bonds. The molecule has 2 aromatic carbocycles. The summed E-state index contributed by atoms with van der Waals surface area (Å²) < 4.78 is 37.6. The summed E-state index contributed by atoms with van der Waals surface area (Å²) in [5.41, 5.74) is 0.541. The number of aromatic nitrogens is 2. The Balaban J connectivity index is 1.43. The van der Waals surface area contributed by atoms with Crippen LogP contribution in [-0.2, 0) is 4.79 Å². The smallest absolute Gasteiger partial charge is 0.319 e. The van der Waals surface area contributed by atoms with Gasteiger partial charge in [-0.2, -0.15) is 0 Å². The van der Waals surface area contributed by atoms with Crippen LogP contribution in [0.2, 0.25) is 0 Å². The first-order chi connectivity index (χ1) is 16.3. The van der Waals surface area contributed by atoms with Crippen LogP contribution < -0.4 is 25.4 Å². The number of carbonyl (C=O) groups excluding carboxylic acids is 2. The van der Waals surface area contributed by atoms with Crippen molar-refractivity contribution in [3.8, 4) is 22.1 Å². The first kappa shape index (κ1) is 23.4. The monoisotopic (exact) mass is 489 g/mol. The predicted molar refractivity (Wildman–Crippen MR) is 122 cm³/mol. The largest absolute Gasteiger partial charge is 0.454 e. The van der Waals surface area contributed by atoms with Crippen LogP contribution in [0.25, 0.3) is 10.6 Å². The molecule has 3 N–H and O–H groups in total. The normalized spacial score (nSPS) is 13.8. The van der Waals surface area contributed by atoms with Gasteiger partial charge in [0.1, 0.15) is 22.7 Å². The summed E-state index contributed by atoms with van der Waals surface area (Å²) in [6.45, 7) is 3.82. The maximum atomic E-state index is 13.8. The van der Waals surface area contributed by atoms with E-state index in [-0.39, 0.29) is 23.5 Å². The lowest BCUT2D eigenvalue weighted by molar-refractivity contribution is -0.119. The second kappa shape index (κ2) is 10.00. The maximum absolute atomic E-state index is 13.8. The van der Waals surface area contributed by atoms with E-state index in [1.165, 1.54) is 0 Å². The third-order valence-electron chi connectivity index (χ3n) is 5.24. The molecule has 0 saturated carbocycles. The SMILES string of the molecule is CCC(C)C(NC(=O)Nc1ccc(F)cc1F)C(=O)Nc1nnc(-c2ccc3c(c2)OCO3)s1. The summed E-state index contributed by atoms with van der Waals surface area (Å²) in [5.74, 6) is -1.20. The molecule has 1 aliphatic rings. The molecule has 0 bridgehead atoms. The predicted octanol–water partition coefficient (Wildman–Crippen LogP) is 4.39. The number of fused-ring (bicyclic) bond motifs is 1. The Labute approximate surface area is 197 Å². The van der Waals surface area contributed by atoms with Gasteiger partial charge in [-0.15, -0.1) is 10.2 Å². The Morgan fingerprint density at radius 2 is 1.88 bits per heavy atom. The van der Waals surface area contributed by atoms with E-state index in [9.17, 15) is 18.4 Å². The fourth-order valence-corrected chi connectivity index (χ4v) is 3.94. The minimum Gasteiger partial charge on any atom is -0.454 e. The maximum Gasteiger partial charge on any atom is 0.319 e. The number of benzene rings is 2. The highest BCUT2D eigenvalue weighted by Gasteiger charge is 2.27. The second-order valence-electron chi connectivity index (χ2n) is 7.56. The summed E-state index contributed by atoms with van der Waals surface area (Å²) in [5, 5.41) is 16.4. The van der Waals surface area contributed by atoms with Crippen molar-refractivity contribution in [2.45, 2.75) is 26.3 Å².